The molecule has 1 aromatic heterocycles. The molecule has 0 bridgehead atoms. The molecule has 0 aliphatic carbocycles. The van der Waals surface area contributed by atoms with Gasteiger partial charge >= 0.3 is 0 Å². The van der Waals surface area contributed by atoms with Crippen molar-refractivity contribution in [3.63, 3.8) is 0 Å². The van der Waals surface area contributed by atoms with Gasteiger partial charge in [-0.15, -0.1) is 0 Å². The molecule has 1 fully saturated rings. The van der Waals surface area contributed by atoms with Crippen molar-refractivity contribution in [1.82, 2.24) is 19.8 Å². The predicted octanol–water partition coefficient (Wildman–Crippen LogP) is 1.19. The van der Waals surface area contributed by atoms with Crippen LogP contribution in [0.1, 0.15) is 22.5 Å². The molecule has 1 aromatic carbocycles. The van der Waals surface area contributed by atoms with Crippen LogP contribution in [0.15, 0.2) is 42.9 Å². The molecule has 2 heterocycles. The van der Waals surface area contributed by atoms with Crippen molar-refractivity contribution in [3.8, 4) is 5.75 Å². The first-order valence-electron chi connectivity index (χ1n) is 8.58. The summed E-state index contributed by atoms with van der Waals surface area (Å²) in [6.07, 6.45) is 5.03. The monoisotopic (exact) mass is 356 g/mol. The number of hydrogen-bond acceptors (Lipinski definition) is 6. The highest BCUT2D eigenvalue weighted by molar-refractivity contribution is 5.92. The number of ether oxygens (including phenoxy) is 1. The van der Waals surface area contributed by atoms with Crippen molar-refractivity contribution in [2.24, 2.45) is 0 Å². The normalized spacial score (nSPS) is 19.8. The van der Waals surface area contributed by atoms with Gasteiger partial charge in [0.15, 0.2) is 0 Å². The minimum Gasteiger partial charge on any atom is -0.497 e. The van der Waals surface area contributed by atoms with Gasteiger partial charge in [-0.2, -0.15) is 0 Å². The molecule has 7 nitrogen and oxygen atoms in total. The van der Waals surface area contributed by atoms with E-state index in [1.54, 1.807) is 12.0 Å². The average Bonchev–Trinajstić information content (AvgIpc) is 3.04. The van der Waals surface area contributed by atoms with E-state index in [0.29, 0.717) is 38.3 Å². The van der Waals surface area contributed by atoms with Crippen molar-refractivity contribution in [3.05, 3.63) is 54.1 Å². The van der Waals surface area contributed by atoms with Crippen LogP contribution in [0.2, 0.25) is 0 Å². The lowest BCUT2D eigenvalue weighted by molar-refractivity contribution is 0.0163. The molecule has 0 radical (unpaired) electrons. The molecule has 1 N–H and O–H groups in total. The van der Waals surface area contributed by atoms with Gasteiger partial charge in [0.05, 0.1) is 25.5 Å². The highest BCUT2D eigenvalue weighted by Crippen LogP contribution is 2.24. The Hall–Kier alpha value is -2.51. The molecule has 3 rings (SSSR count). The number of carbonyl (C=O) groups excluding carboxylic acids is 1. The Morgan fingerprint density at radius 3 is 2.77 bits per heavy atom. The Balaban J connectivity index is 1.56. The van der Waals surface area contributed by atoms with Gasteiger partial charge in [-0.1, -0.05) is 12.1 Å². The van der Waals surface area contributed by atoms with Gasteiger partial charge in [0.1, 0.15) is 11.4 Å². The Bertz CT molecular complexity index is 738. The van der Waals surface area contributed by atoms with Gasteiger partial charge in [-0.05, 0) is 31.2 Å². The van der Waals surface area contributed by atoms with Crippen molar-refractivity contribution in [2.45, 2.75) is 18.6 Å². The summed E-state index contributed by atoms with van der Waals surface area (Å²) in [5, 5.41) is 10.9. The minimum atomic E-state index is -0.918. The number of amides is 1. The second-order valence-electron chi connectivity index (χ2n) is 6.81. The summed E-state index contributed by atoms with van der Waals surface area (Å²) in [7, 11) is 3.61. The number of hydrogen-bond donors (Lipinski definition) is 1. The molecule has 0 saturated carbocycles. The lowest BCUT2D eigenvalue weighted by Crippen LogP contribution is -2.44. The highest BCUT2D eigenvalue weighted by Gasteiger charge is 2.39. The number of nitrogens with zero attached hydrogens (tertiary/aromatic N) is 4. The third kappa shape index (κ3) is 4.36. The molecule has 1 amide bonds. The van der Waals surface area contributed by atoms with Crippen molar-refractivity contribution < 1.29 is 14.6 Å². The average molecular weight is 356 g/mol. The van der Waals surface area contributed by atoms with E-state index in [2.05, 4.69) is 14.9 Å². The van der Waals surface area contributed by atoms with E-state index < -0.39 is 5.60 Å². The fraction of sp³-hybridized carbons (Fsp3) is 0.421. The van der Waals surface area contributed by atoms with Gasteiger partial charge in [0, 0.05) is 32.0 Å². The number of carbonyl (C=O) groups is 1. The number of aromatic nitrogens is 2. The summed E-state index contributed by atoms with van der Waals surface area (Å²) < 4.78 is 5.17. The van der Waals surface area contributed by atoms with Crippen LogP contribution in [0.25, 0.3) is 0 Å². The van der Waals surface area contributed by atoms with E-state index in [9.17, 15) is 9.90 Å². The van der Waals surface area contributed by atoms with Crippen LogP contribution in [0.4, 0.5) is 0 Å². The molecule has 2 aromatic rings. The zero-order chi connectivity index (χ0) is 18.6. The van der Waals surface area contributed by atoms with Crippen LogP contribution in [0.5, 0.6) is 5.75 Å². The third-order valence-electron chi connectivity index (χ3n) is 4.58. The number of benzene rings is 1. The van der Waals surface area contributed by atoms with Gasteiger partial charge in [0.25, 0.3) is 5.91 Å². The molecular formula is C19H24N4O3. The first-order chi connectivity index (χ1) is 12.5. The Labute approximate surface area is 153 Å². The Morgan fingerprint density at radius 2 is 2.12 bits per heavy atom. The second-order valence-corrected chi connectivity index (χ2v) is 6.81. The zero-order valence-electron chi connectivity index (χ0n) is 15.1. The molecule has 0 unspecified atom stereocenters. The van der Waals surface area contributed by atoms with Crippen LogP contribution < -0.4 is 4.74 Å². The fourth-order valence-electron chi connectivity index (χ4n) is 3.33. The van der Waals surface area contributed by atoms with Crippen LogP contribution in [-0.4, -0.2) is 70.2 Å². The van der Waals surface area contributed by atoms with Crippen LogP contribution in [0, 0.1) is 0 Å². The number of β-amino-alcohol motifs (C(OH)–C–C–N with tert-alkyl or cyclic N) is 1. The van der Waals surface area contributed by atoms with Crippen molar-refractivity contribution in [2.75, 3.05) is 33.8 Å². The molecule has 0 spiro atoms. The van der Waals surface area contributed by atoms with E-state index >= 15 is 0 Å². The van der Waals surface area contributed by atoms with Gasteiger partial charge in [0.2, 0.25) is 0 Å². The number of rotatable bonds is 6. The van der Waals surface area contributed by atoms with E-state index in [4.69, 9.17) is 4.74 Å². The second kappa shape index (κ2) is 7.80. The summed E-state index contributed by atoms with van der Waals surface area (Å²) >= 11 is 0. The molecule has 1 aliphatic heterocycles. The van der Waals surface area contributed by atoms with E-state index in [1.807, 2.05) is 31.3 Å². The molecule has 1 atom stereocenters. The number of likely N-dealkylation sites (N-methyl/N-ethyl adjacent to an activating group) is 1. The minimum absolute atomic E-state index is 0.188. The molecule has 7 heteroatoms. The number of aliphatic hydroxyl groups is 1. The summed E-state index contributed by atoms with van der Waals surface area (Å²) in [6, 6.07) is 7.87. The van der Waals surface area contributed by atoms with Crippen LogP contribution in [0.3, 0.4) is 0 Å². The van der Waals surface area contributed by atoms with Crippen molar-refractivity contribution in [1.29, 1.82) is 0 Å². The number of methoxy groups -OCH3 is 1. The van der Waals surface area contributed by atoms with E-state index in [1.165, 1.54) is 18.6 Å². The van der Waals surface area contributed by atoms with E-state index in [0.717, 1.165) is 11.3 Å². The smallest absolute Gasteiger partial charge is 0.274 e. The van der Waals surface area contributed by atoms with Gasteiger partial charge < -0.3 is 14.7 Å². The lowest BCUT2D eigenvalue weighted by Gasteiger charge is -2.29. The molecule has 1 aliphatic rings. The van der Waals surface area contributed by atoms with Gasteiger partial charge in [-0.3, -0.25) is 14.7 Å². The molecule has 138 valence electrons. The first-order valence-corrected chi connectivity index (χ1v) is 8.58. The summed E-state index contributed by atoms with van der Waals surface area (Å²) in [5.74, 6) is 0.635. The predicted molar refractivity (Wildman–Crippen MR) is 96.8 cm³/mol. The topological polar surface area (TPSA) is 78.8 Å². The highest BCUT2D eigenvalue weighted by atomic mass is 16.5. The quantitative estimate of drug-likeness (QED) is 0.838. The van der Waals surface area contributed by atoms with Crippen LogP contribution >= 0.6 is 0 Å². The summed E-state index contributed by atoms with van der Waals surface area (Å²) in [5.41, 5.74) is 0.532. The largest absolute Gasteiger partial charge is 0.497 e. The summed E-state index contributed by atoms with van der Waals surface area (Å²) in [6.45, 7) is 2.02. The van der Waals surface area contributed by atoms with E-state index in [-0.39, 0.29) is 5.91 Å². The number of likely N-dealkylation sites (tertiary alicyclic amines) is 1. The van der Waals surface area contributed by atoms with Gasteiger partial charge in [-0.25, -0.2) is 4.98 Å². The first kappa shape index (κ1) is 18.3. The van der Waals surface area contributed by atoms with Crippen molar-refractivity contribution >= 4 is 5.91 Å². The standard InChI is InChI=1S/C19H24N4O3/c1-22(12-15-3-5-16(26-2)6-4-15)13-19(25)7-10-23(14-19)18(24)17-11-20-8-9-21-17/h3-6,8-9,11,25H,7,10,12-14H2,1-2H3/t19-/m1/s1. The fourth-order valence-corrected chi connectivity index (χ4v) is 3.33. The molecule has 26 heavy (non-hydrogen) atoms. The molecular weight excluding hydrogens is 332 g/mol. The SMILES string of the molecule is COc1ccc(CN(C)C[C@]2(O)CCN(C(=O)c3cnccn3)C2)cc1. The maximum absolute atomic E-state index is 12.5. The lowest BCUT2D eigenvalue weighted by atomic mass is 10.0. The Morgan fingerprint density at radius 1 is 1.35 bits per heavy atom. The van der Waals surface area contributed by atoms with Crippen LogP contribution in [-0.2, 0) is 6.54 Å². The maximum Gasteiger partial charge on any atom is 0.274 e. The zero-order valence-corrected chi connectivity index (χ0v) is 15.1. The summed E-state index contributed by atoms with van der Waals surface area (Å²) in [4.78, 5) is 24.1. The third-order valence-corrected chi connectivity index (χ3v) is 4.58. The maximum atomic E-state index is 12.5. The molecule has 1 saturated heterocycles. The Kier molecular flexibility index (Phi) is 5.49.